The summed E-state index contributed by atoms with van der Waals surface area (Å²) in [4.78, 5) is 0. The fourth-order valence-electron chi connectivity index (χ4n) is 1.22. The van der Waals surface area contributed by atoms with E-state index in [0.717, 1.165) is 26.2 Å². The van der Waals surface area contributed by atoms with Crippen LogP contribution in [0, 0.1) is 0 Å². The van der Waals surface area contributed by atoms with E-state index in [1.165, 1.54) is 12.5 Å². The molecule has 0 saturated carbocycles. The minimum absolute atomic E-state index is 0.132. The van der Waals surface area contributed by atoms with Crippen LogP contribution < -0.4 is 5.73 Å². The molecule has 2 N–H and O–H groups in total. The van der Waals surface area contributed by atoms with E-state index in [-0.39, 0.29) is 15.4 Å². The van der Waals surface area contributed by atoms with Gasteiger partial charge in [0.2, 0.25) is 0 Å². The van der Waals surface area contributed by atoms with E-state index in [4.69, 9.17) is 15.2 Å². The smallest absolute Gasteiger partial charge is 0.134 e. The Balaban J connectivity index is 3.33. The number of unbranched alkanes of at least 4 members (excludes halogenated alkanes) is 1. The van der Waals surface area contributed by atoms with Gasteiger partial charge in [-0.2, -0.15) is 0 Å². The highest BCUT2D eigenvalue weighted by molar-refractivity contribution is 6.36. The molecule has 0 atom stereocenters. The number of nitrogens with two attached hydrogens (primary N) is 1. The largest absolute Gasteiger partial charge is 0.357 e. The van der Waals surface area contributed by atoms with Crippen molar-refractivity contribution >= 4 is 9.52 Å². The molecule has 0 radical (unpaired) electrons. The molecule has 0 aliphatic carbocycles. The number of rotatable bonds is 9. The molecule has 13 heavy (non-hydrogen) atoms. The summed E-state index contributed by atoms with van der Waals surface area (Å²) in [7, 11) is -0.217. The van der Waals surface area contributed by atoms with Gasteiger partial charge in [0.25, 0.3) is 0 Å². The SMILES string of the molecule is CCOC(OCC)[SiH2]CCCCN. The van der Waals surface area contributed by atoms with Crippen LogP contribution in [0.3, 0.4) is 0 Å². The van der Waals surface area contributed by atoms with E-state index in [1.54, 1.807) is 0 Å². The van der Waals surface area contributed by atoms with Crippen molar-refractivity contribution in [2.45, 2.75) is 38.6 Å². The third-order valence-electron chi connectivity index (χ3n) is 1.85. The van der Waals surface area contributed by atoms with Gasteiger partial charge in [-0.15, -0.1) is 0 Å². The summed E-state index contributed by atoms with van der Waals surface area (Å²) in [5, 5.41) is 0. The fraction of sp³-hybridized carbons (Fsp3) is 1.00. The number of ether oxygens (including phenoxy) is 2. The maximum atomic E-state index is 5.47. The second-order valence-electron chi connectivity index (χ2n) is 2.98. The van der Waals surface area contributed by atoms with Gasteiger partial charge in [0.1, 0.15) is 5.91 Å². The van der Waals surface area contributed by atoms with Crippen LogP contribution in [-0.4, -0.2) is 35.2 Å². The van der Waals surface area contributed by atoms with Crippen molar-refractivity contribution in [3.63, 3.8) is 0 Å². The maximum absolute atomic E-state index is 5.47. The lowest BCUT2D eigenvalue weighted by molar-refractivity contribution is -0.0827. The van der Waals surface area contributed by atoms with Gasteiger partial charge in [-0.05, 0) is 26.8 Å². The van der Waals surface area contributed by atoms with E-state index in [2.05, 4.69) is 0 Å². The van der Waals surface area contributed by atoms with E-state index >= 15 is 0 Å². The first kappa shape index (κ1) is 13.1. The lowest BCUT2D eigenvalue weighted by Crippen LogP contribution is -2.24. The molecule has 0 unspecified atom stereocenters. The Kier molecular flexibility index (Phi) is 10.3. The molecule has 0 aliphatic heterocycles. The minimum Gasteiger partial charge on any atom is -0.357 e. The van der Waals surface area contributed by atoms with Crippen molar-refractivity contribution in [3.05, 3.63) is 0 Å². The normalized spacial score (nSPS) is 12.0. The van der Waals surface area contributed by atoms with Crippen LogP contribution in [0.2, 0.25) is 6.04 Å². The standard InChI is InChI=1S/C9H23NO2Si/c1-3-11-9(12-4-2)13-8-6-5-7-10/h9H,3-8,10,13H2,1-2H3. The molecular weight excluding hydrogens is 182 g/mol. The zero-order chi connectivity index (χ0) is 9.94. The molecule has 0 saturated heterocycles. The molecule has 0 fully saturated rings. The summed E-state index contributed by atoms with van der Waals surface area (Å²) >= 11 is 0. The molecule has 80 valence electrons. The zero-order valence-corrected chi connectivity index (χ0v) is 10.3. The van der Waals surface area contributed by atoms with E-state index in [0.29, 0.717) is 0 Å². The predicted molar refractivity (Wildman–Crippen MR) is 58.7 cm³/mol. The molecular formula is C9H23NO2Si. The van der Waals surface area contributed by atoms with Crippen LogP contribution in [0.25, 0.3) is 0 Å². The van der Waals surface area contributed by atoms with Crippen molar-refractivity contribution in [1.29, 1.82) is 0 Å². The first-order chi connectivity index (χ1) is 6.35. The lowest BCUT2D eigenvalue weighted by atomic mass is 10.3. The molecule has 4 heteroatoms. The van der Waals surface area contributed by atoms with Crippen molar-refractivity contribution in [2.24, 2.45) is 5.73 Å². The van der Waals surface area contributed by atoms with Gasteiger partial charge in [-0.3, -0.25) is 0 Å². The zero-order valence-electron chi connectivity index (χ0n) is 8.92. The summed E-state index contributed by atoms with van der Waals surface area (Å²) < 4.78 is 10.9. The first-order valence-electron chi connectivity index (χ1n) is 5.28. The van der Waals surface area contributed by atoms with Gasteiger partial charge in [0, 0.05) is 13.2 Å². The van der Waals surface area contributed by atoms with Crippen molar-refractivity contribution in [2.75, 3.05) is 19.8 Å². The molecule has 0 rings (SSSR count). The molecule has 0 aliphatic rings. The van der Waals surface area contributed by atoms with Gasteiger partial charge in [0.05, 0.1) is 9.52 Å². The summed E-state index contributed by atoms with van der Waals surface area (Å²) in [6, 6.07) is 1.28. The average Bonchev–Trinajstić information content (AvgIpc) is 2.13. The van der Waals surface area contributed by atoms with Gasteiger partial charge in [0.15, 0.2) is 0 Å². The topological polar surface area (TPSA) is 44.5 Å². The van der Waals surface area contributed by atoms with E-state index in [9.17, 15) is 0 Å². The Morgan fingerprint density at radius 2 is 1.77 bits per heavy atom. The molecule has 0 spiro atoms. The first-order valence-corrected chi connectivity index (χ1v) is 7.10. The second kappa shape index (κ2) is 10.2. The lowest BCUT2D eigenvalue weighted by Gasteiger charge is -2.16. The summed E-state index contributed by atoms with van der Waals surface area (Å²) in [6.45, 7) is 6.35. The van der Waals surface area contributed by atoms with Crippen molar-refractivity contribution in [1.82, 2.24) is 0 Å². The molecule has 0 heterocycles. The average molecular weight is 205 g/mol. The van der Waals surface area contributed by atoms with Crippen LogP contribution in [0.1, 0.15) is 26.7 Å². The Hall–Kier alpha value is 0.0969. The number of hydrogen-bond acceptors (Lipinski definition) is 3. The van der Waals surface area contributed by atoms with Gasteiger partial charge >= 0.3 is 0 Å². The minimum atomic E-state index is -0.217. The van der Waals surface area contributed by atoms with E-state index in [1.807, 2.05) is 13.8 Å². The quantitative estimate of drug-likeness (QED) is 0.342. The van der Waals surface area contributed by atoms with Gasteiger partial charge in [-0.1, -0.05) is 12.5 Å². The highest BCUT2D eigenvalue weighted by Gasteiger charge is 2.06. The van der Waals surface area contributed by atoms with Crippen LogP contribution in [0.4, 0.5) is 0 Å². The second-order valence-corrected chi connectivity index (χ2v) is 4.93. The monoisotopic (exact) mass is 205 g/mol. The Labute approximate surface area is 83.8 Å². The predicted octanol–water partition coefficient (Wildman–Crippen LogP) is 0.669. The fourth-order valence-corrected chi connectivity index (χ4v) is 3.00. The summed E-state index contributed by atoms with van der Waals surface area (Å²) in [5.41, 5.74) is 5.42. The van der Waals surface area contributed by atoms with Crippen LogP contribution in [0.15, 0.2) is 0 Å². The van der Waals surface area contributed by atoms with Gasteiger partial charge < -0.3 is 15.2 Å². The third kappa shape index (κ3) is 8.43. The molecule has 0 amide bonds. The van der Waals surface area contributed by atoms with Crippen molar-refractivity contribution < 1.29 is 9.47 Å². The van der Waals surface area contributed by atoms with Crippen LogP contribution >= 0.6 is 0 Å². The molecule has 0 aromatic heterocycles. The molecule has 3 nitrogen and oxygen atoms in total. The molecule has 0 aromatic carbocycles. The third-order valence-corrected chi connectivity index (χ3v) is 3.70. The number of hydrogen-bond donors (Lipinski definition) is 1. The van der Waals surface area contributed by atoms with Crippen LogP contribution in [-0.2, 0) is 9.47 Å². The van der Waals surface area contributed by atoms with E-state index < -0.39 is 0 Å². The summed E-state index contributed by atoms with van der Waals surface area (Å²) in [5.74, 6) is 0.132. The van der Waals surface area contributed by atoms with Crippen molar-refractivity contribution in [3.8, 4) is 0 Å². The maximum Gasteiger partial charge on any atom is 0.134 e. The highest BCUT2D eigenvalue weighted by atomic mass is 28.2. The highest BCUT2D eigenvalue weighted by Crippen LogP contribution is 2.00. The Morgan fingerprint density at radius 3 is 2.23 bits per heavy atom. The Morgan fingerprint density at radius 1 is 1.15 bits per heavy atom. The summed E-state index contributed by atoms with van der Waals surface area (Å²) in [6.07, 6.45) is 2.37. The van der Waals surface area contributed by atoms with Gasteiger partial charge in [-0.25, -0.2) is 0 Å². The molecule has 0 aromatic rings. The Bertz CT molecular complexity index is 97.6. The molecule has 0 bridgehead atoms. The van der Waals surface area contributed by atoms with Crippen LogP contribution in [0.5, 0.6) is 0 Å².